The first-order valence-electron chi connectivity index (χ1n) is 10.3. The first-order valence-corrected chi connectivity index (χ1v) is 10.3. The van der Waals surface area contributed by atoms with Crippen LogP contribution < -0.4 is 5.32 Å². The van der Waals surface area contributed by atoms with E-state index >= 15 is 0 Å². The minimum atomic E-state index is -1.07. The maximum absolute atomic E-state index is 12.8. The number of benzene rings is 1. The van der Waals surface area contributed by atoms with Gasteiger partial charge in [-0.2, -0.15) is 0 Å². The zero-order valence-corrected chi connectivity index (χ0v) is 17.3. The summed E-state index contributed by atoms with van der Waals surface area (Å²) in [4.78, 5) is 62.6. The van der Waals surface area contributed by atoms with Gasteiger partial charge in [-0.25, -0.2) is 9.59 Å². The van der Waals surface area contributed by atoms with E-state index in [1.165, 1.54) is 38.3 Å². The Morgan fingerprint density at radius 1 is 1.06 bits per heavy atom. The van der Waals surface area contributed by atoms with Crippen LogP contribution in [0.5, 0.6) is 0 Å². The lowest BCUT2D eigenvalue weighted by molar-refractivity contribution is -0.159. The summed E-state index contributed by atoms with van der Waals surface area (Å²) in [6, 6.07) is 4.94. The van der Waals surface area contributed by atoms with Gasteiger partial charge in [0.2, 0.25) is 11.8 Å². The number of imide groups is 1. The Balaban J connectivity index is 1.30. The van der Waals surface area contributed by atoms with Gasteiger partial charge < -0.3 is 14.8 Å². The van der Waals surface area contributed by atoms with Crippen LogP contribution in [0.1, 0.15) is 36.5 Å². The smallest absolute Gasteiger partial charge is 0.337 e. The summed E-state index contributed by atoms with van der Waals surface area (Å²) in [5.74, 6) is -2.61. The lowest BCUT2D eigenvalue weighted by atomic mass is 9.81. The molecule has 1 aromatic rings. The molecule has 164 valence electrons. The molecule has 9 nitrogen and oxygen atoms in total. The number of nitrogens with zero attached hydrogens (tertiary/aromatic N) is 1. The summed E-state index contributed by atoms with van der Waals surface area (Å²) in [6.07, 6.45) is 2.83. The Morgan fingerprint density at radius 2 is 1.65 bits per heavy atom. The number of likely N-dealkylation sites (tertiary alicyclic amines) is 1. The zero-order valence-electron chi connectivity index (χ0n) is 17.3. The van der Waals surface area contributed by atoms with Gasteiger partial charge in [-0.05, 0) is 62.3 Å². The molecule has 0 unspecified atom stereocenters. The van der Waals surface area contributed by atoms with Gasteiger partial charge in [0.05, 0.1) is 24.5 Å². The van der Waals surface area contributed by atoms with Crippen molar-refractivity contribution in [2.75, 3.05) is 19.0 Å². The fourth-order valence-corrected chi connectivity index (χ4v) is 5.18. The van der Waals surface area contributed by atoms with Crippen LogP contribution >= 0.6 is 0 Å². The molecule has 1 heterocycles. The number of rotatable bonds is 6. The second-order valence-electron chi connectivity index (χ2n) is 8.33. The maximum Gasteiger partial charge on any atom is 0.337 e. The predicted molar refractivity (Wildman–Crippen MR) is 106 cm³/mol. The van der Waals surface area contributed by atoms with Gasteiger partial charge in [-0.15, -0.1) is 0 Å². The first-order chi connectivity index (χ1) is 14.8. The molecule has 1 N–H and O–H groups in total. The third kappa shape index (κ3) is 3.68. The number of ether oxygens (including phenoxy) is 2. The summed E-state index contributed by atoms with van der Waals surface area (Å²) in [7, 11) is 1.27. The number of nitrogens with one attached hydrogen (secondary N) is 1. The highest BCUT2D eigenvalue weighted by Gasteiger charge is 2.62. The van der Waals surface area contributed by atoms with E-state index in [1.807, 2.05) is 0 Å². The Hall–Kier alpha value is -3.23. The number of hydrogen-bond acceptors (Lipinski definition) is 7. The van der Waals surface area contributed by atoms with Crippen LogP contribution in [0.4, 0.5) is 5.69 Å². The monoisotopic (exact) mass is 428 g/mol. The molecule has 3 amide bonds. The van der Waals surface area contributed by atoms with Gasteiger partial charge in [0.1, 0.15) is 6.04 Å². The van der Waals surface area contributed by atoms with Crippen LogP contribution in [0.2, 0.25) is 0 Å². The summed E-state index contributed by atoms with van der Waals surface area (Å²) < 4.78 is 9.65. The predicted octanol–water partition coefficient (Wildman–Crippen LogP) is 1.37. The summed E-state index contributed by atoms with van der Waals surface area (Å²) >= 11 is 0. The average molecular weight is 428 g/mol. The number of carbonyl (C=O) groups excluding carboxylic acids is 5. The summed E-state index contributed by atoms with van der Waals surface area (Å²) in [6.45, 7) is 0.890. The van der Waals surface area contributed by atoms with Crippen molar-refractivity contribution in [3.63, 3.8) is 0 Å². The van der Waals surface area contributed by atoms with Crippen LogP contribution in [0.3, 0.4) is 0 Å². The molecule has 2 bridgehead atoms. The molecule has 1 saturated heterocycles. The minimum Gasteiger partial charge on any atom is -0.465 e. The molecule has 31 heavy (non-hydrogen) atoms. The number of carbonyl (C=O) groups is 5. The molecule has 2 saturated carbocycles. The molecule has 5 atom stereocenters. The van der Waals surface area contributed by atoms with E-state index in [-0.39, 0.29) is 35.5 Å². The highest BCUT2D eigenvalue weighted by Crippen LogP contribution is 2.56. The average Bonchev–Trinajstić information content (AvgIpc) is 3.45. The van der Waals surface area contributed by atoms with Gasteiger partial charge in [0.15, 0.2) is 6.61 Å². The molecule has 4 rings (SSSR count). The quantitative estimate of drug-likeness (QED) is 0.537. The van der Waals surface area contributed by atoms with Crippen molar-refractivity contribution in [3.8, 4) is 0 Å². The Labute approximate surface area is 179 Å². The molecule has 0 aromatic heterocycles. The van der Waals surface area contributed by atoms with Crippen LogP contribution in [0.15, 0.2) is 24.3 Å². The van der Waals surface area contributed by atoms with Crippen LogP contribution in [0.25, 0.3) is 0 Å². The van der Waals surface area contributed by atoms with Gasteiger partial charge in [-0.1, -0.05) is 0 Å². The van der Waals surface area contributed by atoms with Crippen molar-refractivity contribution in [3.05, 3.63) is 29.8 Å². The second-order valence-corrected chi connectivity index (χ2v) is 8.33. The van der Waals surface area contributed by atoms with E-state index in [2.05, 4.69) is 10.1 Å². The van der Waals surface area contributed by atoms with E-state index in [1.54, 1.807) is 0 Å². The molecule has 9 heteroatoms. The van der Waals surface area contributed by atoms with Crippen molar-refractivity contribution in [1.82, 2.24) is 4.90 Å². The molecule has 0 radical (unpaired) electrons. The normalized spacial score (nSPS) is 27.1. The van der Waals surface area contributed by atoms with Gasteiger partial charge >= 0.3 is 11.9 Å². The van der Waals surface area contributed by atoms with Crippen molar-refractivity contribution >= 4 is 35.3 Å². The van der Waals surface area contributed by atoms with Crippen molar-refractivity contribution < 1.29 is 33.4 Å². The molecular weight excluding hydrogens is 404 g/mol. The number of fused-ring (bicyclic) bond motifs is 5. The fraction of sp³-hybridized carbons (Fsp3) is 0.500. The third-order valence-corrected chi connectivity index (χ3v) is 6.63. The summed E-state index contributed by atoms with van der Waals surface area (Å²) in [5, 5.41) is 2.54. The molecule has 0 spiro atoms. The number of hydrogen-bond donors (Lipinski definition) is 1. The van der Waals surface area contributed by atoms with Crippen LogP contribution in [0, 0.1) is 23.7 Å². The highest BCUT2D eigenvalue weighted by atomic mass is 16.5. The molecular formula is C22H24N2O7. The van der Waals surface area contributed by atoms with E-state index in [9.17, 15) is 24.0 Å². The number of anilines is 1. The molecule has 1 aliphatic heterocycles. The Morgan fingerprint density at radius 3 is 2.19 bits per heavy atom. The topological polar surface area (TPSA) is 119 Å². The van der Waals surface area contributed by atoms with Crippen molar-refractivity contribution in [1.29, 1.82) is 0 Å². The largest absolute Gasteiger partial charge is 0.465 e. The number of esters is 2. The molecule has 1 aromatic carbocycles. The lowest BCUT2D eigenvalue weighted by Crippen LogP contribution is -2.45. The van der Waals surface area contributed by atoms with Gasteiger partial charge in [0, 0.05) is 5.69 Å². The maximum atomic E-state index is 12.8. The molecule has 2 aliphatic carbocycles. The third-order valence-electron chi connectivity index (χ3n) is 6.63. The van der Waals surface area contributed by atoms with Crippen LogP contribution in [-0.2, 0) is 28.7 Å². The van der Waals surface area contributed by atoms with Crippen LogP contribution in [-0.4, -0.2) is 54.3 Å². The Bertz CT molecular complexity index is 914. The fourth-order valence-electron chi connectivity index (χ4n) is 5.18. The molecule has 3 fully saturated rings. The van der Waals surface area contributed by atoms with Crippen molar-refractivity contribution in [2.45, 2.75) is 32.2 Å². The van der Waals surface area contributed by atoms with Crippen molar-refractivity contribution in [2.24, 2.45) is 23.7 Å². The zero-order chi connectivity index (χ0) is 22.3. The second kappa shape index (κ2) is 8.13. The highest BCUT2D eigenvalue weighted by molar-refractivity contribution is 6.08. The van der Waals surface area contributed by atoms with E-state index in [0.717, 1.165) is 24.2 Å². The minimum absolute atomic E-state index is 0.232. The molecule has 3 aliphatic rings. The Kier molecular flexibility index (Phi) is 5.51. The SMILES string of the molecule is COC(=O)c1ccc(NC(=O)COC(=O)[C@H](C)N2C(=O)[C@@H]3[C@H]4CC[C@@H](C4)[C@@H]3C2=O)cc1. The van der Waals surface area contributed by atoms with E-state index in [0.29, 0.717) is 11.3 Å². The number of methoxy groups -OCH3 is 1. The number of amides is 3. The standard InChI is InChI=1S/C22H24N2O7/c1-11(24-19(26)17-13-3-4-14(9-13)18(17)20(24)27)21(28)31-10-16(25)23-15-7-5-12(6-8-15)22(29)30-2/h5-8,11,13-14,17-18H,3-4,9-10H2,1-2H3,(H,23,25)/t11-,13-,14-,17-,18+/m0/s1. The summed E-state index contributed by atoms with van der Waals surface area (Å²) in [5.41, 5.74) is 0.744. The van der Waals surface area contributed by atoms with E-state index in [4.69, 9.17) is 4.74 Å². The van der Waals surface area contributed by atoms with E-state index < -0.39 is 30.5 Å². The van der Waals surface area contributed by atoms with Gasteiger partial charge in [0.25, 0.3) is 5.91 Å². The first kappa shape index (κ1) is 21.0. The van der Waals surface area contributed by atoms with Gasteiger partial charge in [-0.3, -0.25) is 19.3 Å². The lowest BCUT2D eigenvalue weighted by Gasteiger charge is -2.23.